The zero-order chi connectivity index (χ0) is 32.3. The highest BCUT2D eigenvalue weighted by Gasteiger charge is 2.32. The minimum atomic E-state index is -4.77. The number of hydrogen-bond donors (Lipinski definition) is 1. The number of benzene rings is 3. The summed E-state index contributed by atoms with van der Waals surface area (Å²) in [6, 6.07) is 18.9. The molecule has 0 saturated carbocycles. The Hall–Kier alpha value is -4.83. The number of ether oxygens (including phenoxy) is 1. The SMILES string of the molecule is Cc1cccc(N2/C(=N/C(=O)NC(C#N)c3ccc(-c4ncn(-c5ccc(OC(F)(F)F)cc5)n4)cc3)SCC2C)c1C(C)C. The summed E-state index contributed by atoms with van der Waals surface area (Å²) in [6.45, 7) is 8.47. The molecule has 0 spiro atoms. The van der Waals surface area contributed by atoms with Crippen LogP contribution < -0.4 is 15.0 Å². The van der Waals surface area contributed by atoms with Gasteiger partial charge in [0.25, 0.3) is 0 Å². The monoisotopic (exact) mass is 633 g/mol. The quantitative estimate of drug-likeness (QED) is 0.224. The summed E-state index contributed by atoms with van der Waals surface area (Å²) < 4.78 is 42.6. The molecule has 3 aromatic carbocycles. The van der Waals surface area contributed by atoms with Gasteiger partial charge in [-0.05, 0) is 66.8 Å². The number of aliphatic imine (C=N–C) groups is 1. The predicted molar refractivity (Wildman–Crippen MR) is 167 cm³/mol. The molecule has 232 valence electrons. The van der Waals surface area contributed by atoms with Crippen LogP contribution in [0.4, 0.5) is 23.7 Å². The minimum absolute atomic E-state index is 0.139. The standard InChI is InChI=1S/C32H30F3N7O2S/c1-19(2)28-20(3)6-5-7-27(28)42-21(4)17-45-31(42)39-30(43)38-26(16-36)22-8-10-23(11-9-22)29-37-18-41(40-29)24-12-14-25(15-13-24)44-32(33,34)35/h5-15,18-19,21,26H,17H2,1-4H3,(H,38,43)/b39-31-. The highest BCUT2D eigenvalue weighted by Crippen LogP contribution is 2.37. The molecule has 1 aliphatic heterocycles. The van der Waals surface area contributed by atoms with Gasteiger partial charge in [-0.15, -0.1) is 18.3 Å². The van der Waals surface area contributed by atoms with Gasteiger partial charge in [-0.3, -0.25) is 0 Å². The number of aromatic nitrogens is 3. The van der Waals surface area contributed by atoms with E-state index in [1.165, 1.54) is 58.2 Å². The summed E-state index contributed by atoms with van der Waals surface area (Å²) in [6.07, 6.45) is -3.34. The molecule has 2 heterocycles. The Kier molecular flexibility index (Phi) is 9.15. The molecule has 4 aromatic rings. The lowest BCUT2D eigenvalue weighted by Gasteiger charge is -2.28. The average Bonchev–Trinajstić information content (AvgIpc) is 3.62. The van der Waals surface area contributed by atoms with Crippen LogP contribution in [0.15, 0.2) is 78.0 Å². The number of anilines is 1. The van der Waals surface area contributed by atoms with Crippen LogP contribution in [-0.4, -0.2) is 44.1 Å². The molecule has 5 rings (SSSR count). The first-order chi connectivity index (χ1) is 21.4. The van der Waals surface area contributed by atoms with Crippen LogP contribution in [-0.2, 0) is 0 Å². The van der Waals surface area contributed by atoms with Gasteiger partial charge in [-0.2, -0.15) is 10.3 Å². The number of amidine groups is 1. The largest absolute Gasteiger partial charge is 0.573 e. The number of hydrogen-bond acceptors (Lipinski definition) is 6. The van der Waals surface area contributed by atoms with Crippen molar-refractivity contribution in [2.24, 2.45) is 4.99 Å². The summed E-state index contributed by atoms with van der Waals surface area (Å²) in [7, 11) is 0. The Morgan fingerprint density at radius 1 is 1.13 bits per heavy atom. The molecule has 9 nitrogen and oxygen atoms in total. The van der Waals surface area contributed by atoms with Crippen LogP contribution in [0.2, 0.25) is 0 Å². The van der Waals surface area contributed by atoms with Gasteiger partial charge in [0.15, 0.2) is 11.0 Å². The second-order valence-electron chi connectivity index (χ2n) is 10.8. The Labute approximate surface area is 262 Å². The molecule has 13 heteroatoms. The zero-order valence-corrected chi connectivity index (χ0v) is 25.7. The molecule has 1 aliphatic rings. The van der Waals surface area contributed by atoms with Gasteiger partial charge in [0.1, 0.15) is 18.1 Å². The number of carbonyl (C=O) groups is 1. The lowest BCUT2D eigenvalue weighted by Crippen LogP contribution is -2.34. The maximum atomic E-state index is 13.1. The first kappa shape index (κ1) is 31.6. The summed E-state index contributed by atoms with van der Waals surface area (Å²) >= 11 is 1.51. The molecule has 2 atom stereocenters. The van der Waals surface area contributed by atoms with E-state index in [9.17, 15) is 23.2 Å². The number of urea groups is 1. The summed E-state index contributed by atoms with van der Waals surface area (Å²) in [5, 5.41) is 17.5. The Balaban J connectivity index is 1.28. The van der Waals surface area contributed by atoms with E-state index in [1.807, 2.05) is 6.07 Å². The number of thioether (sulfide) groups is 1. The van der Waals surface area contributed by atoms with Crippen LogP contribution in [0, 0.1) is 18.3 Å². The first-order valence-corrected chi connectivity index (χ1v) is 15.1. The molecule has 1 aromatic heterocycles. The van der Waals surface area contributed by atoms with Crippen LogP contribution in [0.25, 0.3) is 17.1 Å². The third-order valence-corrected chi connectivity index (χ3v) is 8.36. The zero-order valence-electron chi connectivity index (χ0n) is 24.9. The molecule has 1 N–H and O–H groups in total. The topological polar surface area (TPSA) is 108 Å². The van der Waals surface area contributed by atoms with E-state index >= 15 is 0 Å². The van der Waals surface area contributed by atoms with Gasteiger partial charge >= 0.3 is 12.4 Å². The van der Waals surface area contributed by atoms with Crippen molar-refractivity contribution in [1.82, 2.24) is 20.1 Å². The number of aryl methyl sites for hydroxylation is 1. The molecule has 2 unspecified atom stereocenters. The van der Waals surface area contributed by atoms with Crippen LogP contribution in [0.5, 0.6) is 5.75 Å². The van der Waals surface area contributed by atoms with Crippen molar-refractivity contribution in [3.8, 4) is 28.9 Å². The van der Waals surface area contributed by atoms with Gasteiger partial charge < -0.3 is 15.0 Å². The number of alkyl halides is 3. The maximum Gasteiger partial charge on any atom is 0.573 e. The fraction of sp³-hybridized carbons (Fsp3) is 0.281. The predicted octanol–water partition coefficient (Wildman–Crippen LogP) is 7.54. The number of rotatable bonds is 7. The molecular weight excluding hydrogens is 603 g/mol. The Morgan fingerprint density at radius 2 is 1.84 bits per heavy atom. The molecule has 0 bridgehead atoms. The van der Waals surface area contributed by atoms with Crippen LogP contribution in [0.3, 0.4) is 0 Å². The van der Waals surface area contributed by atoms with E-state index in [2.05, 4.69) is 75.9 Å². The molecule has 0 aliphatic carbocycles. The van der Waals surface area contributed by atoms with Gasteiger partial charge in [0.2, 0.25) is 0 Å². The minimum Gasteiger partial charge on any atom is -0.406 e. The van der Waals surface area contributed by atoms with Crippen LogP contribution in [0.1, 0.15) is 49.4 Å². The van der Waals surface area contributed by atoms with E-state index in [1.54, 1.807) is 24.3 Å². The Bertz CT molecular complexity index is 1750. The maximum absolute atomic E-state index is 13.1. The molecule has 45 heavy (non-hydrogen) atoms. The normalized spacial score (nSPS) is 16.6. The number of halogens is 3. The fourth-order valence-electron chi connectivity index (χ4n) is 5.16. The van der Waals surface area contributed by atoms with Crippen molar-refractivity contribution >= 4 is 28.6 Å². The van der Waals surface area contributed by atoms with Crippen molar-refractivity contribution in [2.75, 3.05) is 10.7 Å². The number of nitriles is 1. The molecule has 1 fully saturated rings. The first-order valence-electron chi connectivity index (χ1n) is 14.1. The van der Waals surface area contributed by atoms with E-state index in [0.29, 0.717) is 27.8 Å². The number of nitrogens with one attached hydrogen (secondary N) is 1. The lowest BCUT2D eigenvalue weighted by atomic mass is 9.95. The Morgan fingerprint density at radius 3 is 2.49 bits per heavy atom. The third kappa shape index (κ3) is 7.29. The molecular formula is C32H30F3N7O2S. The molecule has 0 radical (unpaired) electrons. The average molecular weight is 634 g/mol. The number of carbonyl (C=O) groups excluding carboxylic acids is 1. The van der Waals surface area contributed by atoms with Crippen molar-refractivity contribution in [2.45, 2.75) is 52.1 Å². The van der Waals surface area contributed by atoms with E-state index in [-0.39, 0.29) is 17.7 Å². The second kappa shape index (κ2) is 13.0. The molecule has 2 amide bonds. The van der Waals surface area contributed by atoms with Gasteiger partial charge in [0, 0.05) is 23.0 Å². The molecule has 1 saturated heterocycles. The van der Waals surface area contributed by atoms with Crippen molar-refractivity contribution < 1.29 is 22.7 Å². The number of nitrogens with zero attached hydrogens (tertiary/aromatic N) is 6. The van der Waals surface area contributed by atoms with E-state index < -0.39 is 18.4 Å². The smallest absolute Gasteiger partial charge is 0.406 e. The van der Waals surface area contributed by atoms with E-state index in [0.717, 1.165) is 11.4 Å². The summed E-state index contributed by atoms with van der Waals surface area (Å²) in [5.74, 6) is 1.10. The van der Waals surface area contributed by atoms with Crippen molar-refractivity contribution in [3.63, 3.8) is 0 Å². The van der Waals surface area contributed by atoms with Gasteiger partial charge in [-0.1, -0.05) is 62.0 Å². The number of amides is 2. The second-order valence-corrected chi connectivity index (χ2v) is 11.8. The highest BCUT2D eigenvalue weighted by molar-refractivity contribution is 8.14. The van der Waals surface area contributed by atoms with Gasteiger partial charge in [-0.25, -0.2) is 14.5 Å². The van der Waals surface area contributed by atoms with Crippen molar-refractivity contribution in [3.05, 3.63) is 89.7 Å². The van der Waals surface area contributed by atoms with Crippen LogP contribution >= 0.6 is 11.8 Å². The van der Waals surface area contributed by atoms with Crippen molar-refractivity contribution in [1.29, 1.82) is 5.26 Å². The fourth-order valence-corrected chi connectivity index (χ4v) is 6.26. The lowest BCUT2D eigenvalue weighted by molar-refractivity contribution is -0.274. The third-order valence-electron chi connectivity index (χ3n) is 7.16. The van der Waals surface area contributed by atoms with E-state index in [4.69, 9.17) is 0 Å². The summed E-state index contributed by atoms with van der Waals surface area (Å²) in [4.78, 5) is 23.8. The highest BCUT2D eigenvalue weighted by atomic mass is 32.2. The summed E-state index contributed by atoms with van der Waals surface area (Å²) in [5.41, 5.74) is 5.11. The van der Waals surface area contributed by atoms with Gasteiger partial charge in [0.05, 0.1) is 11.8 Å².